The van der Waals surface area contributed by atoms with Crippen molar-refractivity contribution in [3.05, 3.63) is 0 Å². The molecule has 0 saturated heterocycles. The van der Waals surface area contributed by atoms with Gasteiger partial charge in [-0.15, -0.1) is 0 Å². The summed E-state index contributed by atoms with van der Waals surface area (Å²) in [6, 6.07) is -1.83. The summed E-state index contributed by atoms with van der Waals surface area (Å²) in [5, 5.41) is 0. The van der Waals surface area contributed by atoms with Crippen LogP contribution in [0.25, 0.3) is 0 Å². The molecule has 5 heteroatoms. The van der Waals surface area contributed by atoms with E-state index in [4.69, 9.17) is 0 Å². The van der Waals surface area contributed by atoms with Crippen molar-refractivity contribution in [2.45, 2.75) is 13.3 Å². The molecule has 0 aromatic heterocycles. The van der Waals surface area contributed by atoms with E-state index in [0.717, 1.165) is 0 Å². The predicted molar refractivity (Wildman–Crippen MR) is 32.4 cm³/mol. The topological polar surface area (TPSA) is 60.4 Å². The van der Waals surface area contributed by atoms with Gasteiger partial charge in [-0.05, 0) is 6.92 Å². The number of carbonyl (C=O) groups excluding carboxylic acids is 3. The first-order chi connectivity index (χ1) is 5.07. The van der Waals surface area contributed by atoms with E-state index in [2.05, 4.69) is 4.74 Å². The van der Waals surface area contributed by atoms with E-state index in [1.165, 1.54) is 6.92 Å². The molecule has 62 valence electrons. The number of carbonyl (C=O) groups is 3. The number of esters is 1. The minimum Gasteiger partial charge on any atom is -0.460 e. The van der Waals surface area contributed by atoms with Gasteiger partial charge in [0.15, 0.2) is 0 Å². The summed E-state index contributed by atoms with van der Waals surface area (Å²) >= 11 is 0. The zero-order valence-corrected chi connectivity index (χ0v) is 5.93. The van der Waals surface area contributed by atoms with Crippen molar-refractivity contribution < 1.29 is 23.5 Å². The molecular weight excluding hydrogens is 155 g/mol. The highest BCUT2D eigenvalue weighted by Gasteiger charge is 2.18. The molecule has 0 fully saturated rings. The van der Waals surface area contributed by atoms with Gasteiger partial charge in [0, 0.05) is 0 Å². The minimum atomic E-state index is -1.83. The van der Waals surface area contributed by atoms with Gasteiger partial charge in [-0.2, -0.15) is 4.39 Å². The molecule has 0 heterocycles. The summed E-state index contributed by atoms with van der Waals surface area (Å²) in [4.78, 5) is 30.5. The molecule has 0 bridgehead atoms. The summed E-state index contributed by atoms with van der Waals surface area (Å²) in [7, 11) is 0. The molecule has 0 atom stereocenters. The molecule has 0 aromatic carbocycles. The normalized spacial score (nSPS) is 8.91. The molecule has 0 aliphatic carbocycles. The van der Waals surface area contributed by atoms with Gasteiger partial charge in [-0.1, -0.05) is 0 Å². The molecule has 0 N–H and O–H groups in total. The van der Waals surface area contributed by atoms with E-state index in [9.17, 15) is 18.8 Å². The monoisotopic (exact) mass is 162 g/mol. The Hall–Kier alpha value is -1.26. The van der Waals surface area contributed by atoms with Gasteiger partial charge in [0.1, 0.15) is 6.42 Å². The Morgan fingerprint density at radius 1 is 1.36 bits per heavy atom. The van der Waals surface area contributed by atoms with Crippen LogP contribution in [-0.4, -0.2) is 24.4 Å². The Morgan fingerprint density at radius 2 is 1.91 bits per heavy atom. The molecule has 0 aliphatic rings. The maximum atomic E-state index is 11.5. The lowest BCUT2D eigenvalue weighted by molar-refractivity contribution is -0.155. The van der Waals surface area contributed by atoms with Crippen LogP contribution in [0.3, 0.4) is 0 Å². The van der Waals surface area contributed by atoms with E-state index < -0.39 is 24.2 Å². The van der Waals surface area contributed by atoms with Crippen LogP contribution in [0.15, 0.2) is 0 Å². The lowest BCUT2D eigenvalue weighted by atomic mass is 10.3. The zero-order valence-electron chi connectivity index (χ0n) is 5.93. The van der Waals surface area contributed by atoms with Crippen LogP contribution >= 0.6 is 0 Å². The third kappa shape index (κ3) is 4.19. The van der Waals surface area contributed by atoms with Crippen LogP contribution in [0.5, 0.6) is 0 Å². The number of ether oxygens (including phenoxy) is 1. The van der Waals surface area contributed by atoms with Crippen molar-refractivity contribution in [2.75, 3.05) is 6.61 Å². The SMILES string of the molecule is CCOC(=O)C(=O)CC(=O)F. The first-order valence-corrected chi connectivity index (χ1v) is 2.96. The molecule has 0 radical (unpaired) electrons. The molecular formula is C6H7FO4. The van der Waals surface area contributed by atoms with Crippen molar-refractivity contribution in [1.82, 2.24) is 0 Å². The fourth-order valence-corrected chi connectivity index (χ4v) is 0.410. The molecule has 0 aliphatic heterocycles. The van der Waals surface area contributed by atoms with E-state index in [-0.39, 0.29) is 6.61 Å². The minimum absolute atomic E-state index is 0.0328. The van der Waals surface area contributed by atoms with Gasteiger partial charge < -0.3 is 4.74 Å². The lowest BCUT2D eigenvalue weighted by Crippen LogP contribution is -2.19. The Morgan fingerprint density at radius 3 is 2.27 bits per heavy atom. The second-order valence-corrected chi connectivity index (χ2v) is 1.68. The van der Waals surface area contributed by atoms with Gasteiger partial charge in [0.25, 0.3) is 0 Å². The summed E-state index contributed by atoms with van der Waals surface area (Å²) in [5.74, 6) is -2.32. The summed E-state index contributed by atoms with van der Waals surface area (Å²) in [5.41, 5.74) is 0. The second kappa shape index (κ2) is 4.54. The van der Waals surface area contributed by atoms with Gasteiger partial charge in [-0.25, -0.2) is 4.79 Å². The van der Waals surface area contributed by atoms with E-state index in [0.29, 0.717) is 0 Å². The molecule has 0 rings (SSSR count). The maximum absolute atomic E-state index is 11.5. The Bertz CT molecular complexity index is 187. The maximum Gasteiger partial charge on any atom is 0.375 e. The van der Waals surface area contributed by atoms with Crippen LogP contribution in [-0.2, 0) is 19.1 Å². The van der Waals surface area contributed by atoms with Crippen LogP contribution in [0, 0.1) is 0 Å². The average molecular weight is 162 g/mol. The first kappa shape index (κ1) is 9.74. The number of hydrogen-bond donors (Lipinski definition) is 0. The fourth-order valence-electron chi connectivity index (χ4n) is 0.410. The van der Waals surface area contributed by atoms with Gasteiger partial charge in [0.2, 0.25) is 5.78 Å². The Kier molecular flexibility index (Phi) is 4.02. The third-order valence-corrected chi connectivity index (χ3v) is 0.803. The standard InChI is InChI=1S/C6H7FO4/c1-2-11-6(10)4(8)3-5(7)9/h2-3H2,1H3. The van der Waals surface area contributed by atoms with E-state index >= 15 is 0 Å². The van der Waals surface area contributed by atoms with Gasteiger partial charge >= 0.3 is 12.0 Å². The molecule has 11 heavy (non-hydrogen) atoms. The molecule has 0 amide bonds. The summed E-state index contributed by atoms with van der Waals surface area (Å²) in [6.45, 7) is 1.54. The number of rotatable bonds is 4. The second-order valence-electron chi connectivity index (χ2n) is 1.68. The number of Topliss-reactive ketones (excluding diaryl/α,β-unsaturated/α-hetero) is 1. The third-order valence-electron chi connectivity index (χ3n) is 0.803. The zero-order chi connectivity index (χ0) is 8.85. The van der Waals surface area contributed by atoms with Gasteiger partial charge in [-0.3, -0.25) is 9.59 Å². The number of hydrogen-bond acceptors (Lipinski definition) is 4. The number of ketones is 1. The summed E-state index contributed by atoms with van der Waals surface area (Å²) < 4.78 is 15.7. The fraction of sp³-hybridized carbons (Fsp3) is 0.500. The van der Waals surface area contributed by atoms with Crippen LogP contribution in [0.2, 0.25) is 0 Å². The molecule has 0 spiro atoms. The smallest absolute Gasteiger partial charge is 0.375 e. The molecule has 0 saturated carbocycles. The van der Waals surface area contributed by atoms with Crippen LogP contribution < -0.4 is 0 Å². The van der Waals surface area contributed by atoms with Crippen molar-refractivity contribution in [1.29, 1.82) is 0 Å². The van der Waals surface area contributed by atoms with Gasteiger partial charge in [0.05, 0.1) is 6.61 Å². The van der Waals surface area contributed by atoms with Crippen molar-refractivity contribution in [3.8, 4) is 0 Å². The Balaban J connectivity index is 3.83. The average Bonchev–Trinajstić information content (AvgIpc) is 1.86. The molecule has 0 unspecified atom stereocenters. The highest BCUT2D eigenvalue weighted by molar-refractivity contribution is 6.36. The largest absolute Gasteiger partial charge is 0.460 e. The Labute approximate surface area is 62.3 Å². The van der Waals surface area contributed by atoms with Crippen LogP contribution in [0.1, 0.15) is 13.3 Å². The van der Waals surface area contributed by atoms with Crippen molar-refractivity contribution >= 4 is 17.8 Å². The van der Waals surface area contributed by atoms with Crippen molar-refractivity contribution in [2.24, 2.45) is 0 Å². The van der Waals surface area contributed by atoms with Crippen LogP contribution in [0.4, 0.5) is 4.39 Å². The molecule has 0 aromatic rings. The highest BCUT2D eigenvalue weighted by Crippen LogP contribution is 1.90. The first-order valence-electron chi connectivity index (χ1n) is 2.96. The van der Waals surface area contributed by atoms with Crippen molar-refractivity contribution in [3.63, 3.8) is 0 Å². The number of halogens is 1. The lowest BCUT2D eigenvalue weighted by Gasteiger charge is -1.96. The summed E-state index contributed by atoms with van der Waals surface area (Å²) in [6.07, 6.45) is -1.03. The van der Waals surface area contributed by atoms with E-state index in [1.54, 1.807) is 0 Å². The predicted octanol–water partition coefficient (Wildman–Crippen LogP) is 0.00480. The van der Waals surface area contributed by atoms with E-state index in [1.807, 2.05) is 0 Å². The molecule has 4 nitrogen and oxygen atoms in total. The highest BCUT2D eigenvalue weighted by atomic mass is 19.1. The quantitative estimate of drug-likeness (QED) is 0.253.